The molecular formula is C13H17N. The third-order valence-corrected chi connectivity index (χ3v) is 3.89. The van der Waals surface area contributed by atoms with Crippen LogP contribution in [0.25, 0.3) is 0 Å². The minimum atomic E-state index is 0.133. The van der Waals surface area contributed by atoms with Gasteiger partial charge in [0.15, 0.2) is 0 Å². The highest BCUT2D eigenvalue weighted by Gasteiger charge is 2.43. The van der Waals surface area contributed by atoms with Gasteiger partial charge in [0.2, 0.25) is 0 Å². The normalized spacial score (nSPS) is 31.2. The van der Waals surface area contributed by atoms with E-state index in [0.717, 1.165) is 12.3 Å². The molecule has 2 N–H and O–H groups in total. The summed E-state index contributed by atoms with van der Waals surface area (Å²) >= 11 is 0. The maximum absolute atomic E-state index is 6.48. The van der Waals surface area contributed by atoms with Crippen molar-refractivity contribution in [3.05, 3.63) is 35.4 Å². The molecule has 74 valence electrons. The minimum absolute atomic E-state index is 0.133. The first-order valence-electron chi connectivity index (χ1n) is 5.64. The average Bonchev–Trinajstić information content (AvgIpc) is 3.01. The zero-order valence-electron chi connectivity index (χ0n) is 8.50. The number of hydrogen-bond donors (Lipinski definition) is 1. The van der Waals surface area contributed by atoms with E-state index in [1.165, 1.54) is 36.8 Å². The SMILES string of the molecule is NC1(C2CC2)CCc2ccccc2C1. The highest BCUT2D eigenvalue weighted by molar-refractivity contribution is 5.32. The monoisotopic (exact) mass is 187 g/mol. The first kappa shape index (κ1) is 8.49. The van der Waals surface area contributed by atoms with Gasteiger partial charge in [-0.05, 0) is 49.1 Å². The van der Waals surface area contributed by atoms with Crippen LogP contribution >= 0.6 is 0 Å². The predicted molar refractivity (Wildman–Crippen MR) is 58.1 cm³/mol. The van der Waals surface area contributed by atoms with E-state index in [9.17, 15) is 0 Å². The molecule has 1 heteroatoms. The quantitative estimate of drug-likeness (QED) is 0.717. The number of nitrogens with two attached hydrogens (primary N) is 1. The summed E-state index contributed by atoms with van der Waals surface area (Å²) in [6, 6.07) is 8.78. The molecule has 1 aromatic rings. The number of rotatable bonds is 1. The molecule has 1 fully saturated rings. The Balaban J connectivity index is 1.92. The molecule has 1 saturated carbocycles. The van der Waals surface area contributed by atoms with Crippen LogP contribution in [0.1, 0.15) is 30.4 Å². The molecular weight excluding hydrogens is 170 g/mol. The van der Waals surface area contributed by atoms with Crippen molar-refractivity contribution in [3.8, 4) is 0 Å². The molecule has 0 heterocycles. The smallest absolute Gasteiger partial charge is 0.0226 e. The fourth-order valence-corrected chi connectivity index (χ4v) is 2.79. The van der Waals surface area contributed by atoms with Gasteiger partial charge in [-0.15, -0.1) is 0 Å². The Morgan fingerprint density at radius 3 is 2.57 bits per heavy atom. The van der Waals surface area contributed by atoms with E-state index in [2.05, 4.69) is 24.3 Å². The molecule has 14 heavy (non-hydrogen) atoms. The third-order valence-electron chi connectivity index (χ3n) is 3.89. The van der Waals surface area contributed by atoms with E-state index in [-0.39, 0.29) is 5.54 Å². The number of benzene rings is 1. The van der Waals surface area contributed by atoms with Crippen LogP contribution in [0.4, 0.5) is 0 Å². The van der Waals surface area contributed by atoms with Crippen LogP contribution in [-0.2, 0) is 12.8 Å². The molecule has 0 bridgehead atoms. The molecule has 0 aliphatic heterocycles. The first-order valence-corrected chi connectivity index (χ1v) is 5.64. The average molecular weight is 187 g/mol. The largest absolute Gasteiger partial charge is 0.325 e. The molecule has 2 aliphatic rings. The van der Waals surface area contributed by atoms with E-state index in [1.54, 1.807) is 0 Å². The highest BCUT2D eigenvalue weighted by Crippen LogP contribution is 2.44. The van der Waals surface area contributed by atoms with Crippen molar-refractivity contribution in [2.24, 2.45) is 11.7 Å². The maximum Gasteiger partial charge on any atom is 0.0226 e. The second-order valence-electron chi connectivity index (χ2n) is 4.95. The molecule has 1 aromatic carbocycles. The third kappa shape index (κ3) is 1.27. The summed E-state index contributed by atoms with van der Waals surface area (Å²) in [4.78, 5) is 0. The summed E-state index contributed by atoms with van der Waals surface area (Å²) in [6.07, 6.45) is 6.20. The van der Waals surface area contributed by atoms with Gasteiger partial charge in [0.25, 0.3) is 0 Å². The van der Waals surface area contributed by atoms with Gasteiger partial charge >= 0.3 is 0 Å². The Labute approximate surface area is 85.3 Å². The Morgan fingerprint density at radius 1 is 1.14 bits per heavy atom. The highest BCUT2D eigenvalue weighted by atomic mass is 14.8. The van der Waals surface area contributed by atoms with Crippen molar-refractivity contribution < 1.29 is 0 Å². The molecule has 3 rings (SSSR count). The van der Waals surface area contributed by atoms with Crippen LogP contribution in [0.5, 0.6) is 0 Å². The summed E-state index contributed by atoms with van der Waals surface area (Å²) in [5.41, 5.74) is 9.63. The summed E-state index contributed by atoms with van der Waals surface area (Å²) in [7, 11) is 0. The van der Waals surface area contributed by atoms with Gasteiger partial charge in [-0.2, -0.15) is 0 Å². The minimum Gasteiger partial charge on any atom is -0.325 e. The summed E-state index contributed by atoms with van der Waals surface area (Å²) in [6.45, 7) is 0. The van der Waals surface area contributed by atoms with Crippen LogP contribution in [0, 0.1) is 5.92 Å². The number of aryl methyl sites for hydroxylation is 1. The van der Waals surface area contributed by atoms with Gasteiger partial charge in [-0.1, -0.05) is 24.3 Å². The Hall–Kier alpha value is -0.820. The van der Waals surface area contributed by atoms with E-state index in [0.29, 0.717) is 0 Å². The van der Waals surface area contributed by atoms with E-state index < -0.39 is 0 Å². The van der Waals surface area contributed by atoms with E-state index in [1.807, 2.05) is 0 Å². The van der Waals surface area contributed by atoms with Crippen molar-refractivity contribution in [2.45, 2.75) is 37.6 Å². The van der Waals surface area contributed by atoms with Crippen LogP contribution < -0.4 is 5.73 Å². The second kappa shape index (κ2) is 2.83. The molecule has 2 aliphatic carbocycles. The van der Waals surface area contributed by atoms with Crippen LogP contribution in [0.15, 0.2) is 24.3 Å². The molecule has 1 unspecified atom stereocenters. The zero-order valence-corrected chi connectivity index (χ0v) is 8.50. The van der Waals surface area contributed by atoms with Crippen molar-refractivity contribution >= 4 is 0 Å². The number of hydrogen-bond acceptors (Lipinski definition) is 1. The number of fused-ring (bicyclic) bond motifs is 1. The predicted octanol–water partition coefficient (Wildman–Crippen LogP) is 2.28. The molecule has 0 saturated heterocycles. The Morgan fingerprint density at radius 2 is 1.86 bits per heavy atom. The molecule has 1 nitrogen and oxygen atoms in total. The molecule has 0 spiro atoms. The Bertz CT molecular complexity index is 354. The lowest BCUT2D eigenvalue weighted by Gasteiger charge is -2.35. The summed E-state index contributed by atoms with van der Waals surface area (Å²) < 4.78 is 0. The van der Waals surface area contributed by atoms with Gasteiger partial charge in [-0.25, -0.2) is 0 Å². The lowest BCUT2D eigenvalue weighted by Crippen LogP contribution is -2.47. The van der Waals surface area contributed by atoms with Crippen LogP contribution in [0.3, 0.4) is 0 Å². The molecule has 0 aromatic heterocycles. The maximum atomic E-state index is 6.48. The lowest BCUT2D eigenvalue weighted by atomic mass is 9.76. The fourth-order valence-electron chi connectivity index (χ4n) is 2.79. The van der Waals surface area contributed by atoms with Gasteiger partial charge < -0.3 is 5.73 Å². The molecule has 0 radical (unpaired) electrons. The lowest BCUT2D eigenvalue weighted by molar-refractivity contribution is 0.325. The fraction of sp³-hybridized carbons (Fsp3) is 0.538. The standard InChI is InChI=1S/C13H17N/c14-13(12-5-6-12)8-7-10-3-1-2-4-11(10)9-13/h1-4,12H,5-9,14H2. The van der Waals surface area contributed by atoms with Gasteiger partial charge in [-0.3, -0.25) is 0 Å². The van der Waals surface area contributed by atoms with Crippen LogP contribution in [-0.4, -0.2) is 5.54 Å². The van der Waals surface area contributed by atoms with E-state index >= 15 is 0 Å². The Kier molecular flexibility index (Phi) is 1.72. The summed E-state index contributed by atoms with van der Waals surface area (Å²) in [5.74, 6) is 0.816. The van der Waals surface area contributed by atoms with Crippen molar-refractivity contribution in [3.63, 3.8) is 0 Å². The zero-order chi connectivity index (χ0) is 9.60. The topological polar surface area (TPSA) is 26.0 Å². The van der Waals surface area contributed by atoms with E-state index in [4.69, 9.17) is 5.73 Å². The van der Waals surface area contributed by atoms with Gasteiger partial charge in [0, 0.05) is 5.54 Å². The van der Waals surface area contributed by atoms with Gasteiger partial charge in [0.05, 0.1) is 0 Å². The summed E-state index contributed by atoms with van der Waals surface area (Å²) in [5, 5.41) is 0. The van der Waals surface area contributed by atoms with Crippen molar-refractivity contribution in [1.82, 2.24) is 0 Å². The second-order valence-corrected chi connectivity index (χ2v) is 4.95. The van der Waals surface area contributed by atoms with Gasteiger partial charge in [0.1, 0.15) is 0 Å². The van der Waals surface area contributed by atoms with Crippen LogP contribution in [0.2, 0.25) is 0 Å². The van der Waals surface area contributed by atoms with Crippen molar-refractivity contribution in [2.75, 3.05) is 0 Å². The molecule has 1 atom stereocenters. The molecule has 0 amide bonds. The first-order chi connectivity index (χ1) is 6.78. The van der Waals surface area contributed by atoms with Crippen molar-refractivity contribution in [1.29, 1.82) is 0 Å².